The third-order valence-corrected chi connectivity index (χ3v) is 10.1. The van der Waals surface area contributed by atoms with E-state index in [1.54, 1.807) is 0 Å². The lowest BCUT2D eigenvalue weighted by Gasteiger charge is -2.39. The van der Waals surface area contributed by atoms with E-state index in [0.717, 1.165) is 5.57 Å². The number of benzene rings is 1. The van der Waals surface area contributed by atoms with E-state index in [0.29, 0.717) is 5.04 Å². The lowest BCUT2D eigenvalue weighted by molar-refractivity contribution is 0.727. The van der Waals surface area contributed by atoms with Crippen molar-refractivity contribution >= 4 is 18.8 Å². The van der Waals surface area contributed by atoms with Crippen molar-refractivity contribution in [1.82, 2.24) is 0 Å². The highest BCUT2D eigenvalue weighted by molar-refractivity contribution is 6.92. The van der Waals surface area contributed by atoms with Crippen LogP contribution >= 0.6 is 0 Å². The molecule has 1 aromatic rings. The molecule has 1 nitrogen and oxygen atoms in total. The van der Waals surface area contributed by atoms with Crippen LogP contribution in [0.4, 0.5) is 0 Å². The van der Waals surface area contributed by atoms with Gasteiger partial charge < -0.3 is 5.73 Å². The van der Waals surface area contributed by atoms with Crippen LogP contribution in [0.2, 0.25) is 18.1 Å². The highest BCUT2D eigenvalue weighted by Gasteiger charge is 2.39. The first-order chi connectivity index (χ1) is 8.50. The quantitative estimate of drug-likeness (QED) is 0.810. The Morgan fingerprint density at radius 1 is 1.26 bits per heavy atom. The minimum absolute atomic E-state index is 0.0528. The Hall–Kier alpha value is -0.863. The average molecular weight is 276 g/mol. The minimum atomic E-state index is -1.59. The van der Waals surface area contributed by atoms with Gasteiger partial charge in [0.1, 0.15) is 0 Å². The van der Waals surface area contributed by atoms with Crippen LogP contribution in [-0.2, 0) is 0 Å². The maximum Gasteiger partial charge on any atom is 0.0863 e. The molecule has 0 saturated heterocycles. The highest BCUT2D eigenvalue weighted by Crippen LogP contribution is 2.37. The van der Waals surface area contributed by atoms with Crippen molar-refractivity contribution in [3.8, 4) is 0 Å². The third kappa shape index (κ3) is 3.01. The Bertz CT molecular complexity index is 479. The zero-order chi connectivity index (χ0) is 15.0. The summed E-state index contributed by atoms with van der Waals surface area (Å²) >= 11 is 0. The van der Waals surface area contributed by atoms with Crippen LogP contribution in [0.1, 0.15) is 51.8 Å². The predicted molar refractivity (Wildman–Crippen MR) is 90.6 cm³/mol. The number of hydrogen-bond acceptors (Lipinski definition) is 1. The summed E-state index contributed by atoms with van der Waals surface area (Å²) in [7, 11) is -1.59. The molecule has 0 radical (unpaired) electrons. The molecule has 0 aromatic heterocycles. The summed E-state index contributed by atoms with van der Waals surface area (Å²) in [5.74, 6) is 0. The van der Waals surface area contributed by atoms with Crippen molar-refractivity contribution < 1.29 is 0 Å². The summed E-state index contributed by atoms with van der Waals surface area (Å²) < 4.78 is 0. The summed E-state index contributed by atoms with van der Waals surface area (Å²) in [6, 6.07) is 6.64. The molecule has 0 aliphatic rings. The molecule has 19 heavy (non-hydrogen) atoms. The molecular weight excluding hydrogens is 246 g/mol. The van der Waals surface area contributed by atoms with E-state index in [9.17, 15) is 0 Å². The second-order valence-electron chi connectivity index (χ2n) is 7.21. The maximum absolute atomic E-state index is 6.27. The molecule has 0 spiro atoms. The smallest absolute Gasteiger partial charge is 0.0863 e. The van der Waals surface area contributed by atoms with Gasteiger partial charge in [0.15, 0.2) is 0 Å². The fourth-order valence-electron chi connectivity index (χ4n) is 2.38. The van der Waals surface area contributed by atoms with Crippen molar-refractivity contribution in [3.63, 3.8) is 0 Å². The van der Waals surface area contributed by atoms with E-state index in [1.807, 2.05) is 0 Å². The summed E-state index contributed by atoms with van der Waals surface area (Å²) in [4.78, 5) is 0. The zero-order valence-corrected chi connectivity index (χ0v) is 14.6. The monoisotopic (exact) mass is 275 g/mol. The van der Waals surface area contributed by atoms with Gasteiger partial charge in [-0.05, 0) is 30.0 Å². The lowest BCUT2D eigenvalue weighted by Crippen LogP contribution is -2.51. The number of rotatable bonds is 3. The minimum Gasteiger partial charge on any atom is -0.324 e. The first-order valence-electron chi connectivity index (χ1n) is 7.05. The standard InChI is InChI=1S/C17H29NSi/c1-12(2)14-10-9-11-15(16(14)13(3)18)19(7,8)17(4,5)6/h9-11,13H,1,18H2,2-8H3. The van der Waals surface area contributed by atoms with Gasteiger partial charge in [0.05, 0.1) is 8.07 Å². The van der Waals surface area contributed by atoms with E-state index >= 15 is 0 Å². The molecule has 0 amide bonds. The molecule has 0 aliphatic carbocycles. The van der Waals surface area contributed by atoms with Gasteiger partial charge in [0.25, 0.3) is 0 Å². The molecule has 0 fully saturated rings. The molecule has 1 unspecified atom stereocenters. The van der Waals surface area contributed by atoms with E-state index < -0.39 is 8.07 Å². The zero-order valence-electron chi connectivity index (χ0n) is 13.6. The van der Waals surface area contributed by atoms with Gasteiger partial charge in [-0.25, -0.2) is 0 Å². The second kappa shape index (κ2) is 5.26. The maximum atomic E-state index is 6.27. The molecule has 1 aromatic carbocycles. The molecular formula is C17H29NSi. The number of hydrogen-bond donors (Lipinski definition) is 1. The van der Waals surface area contributed by atoms with Crippen LogP contribution in [0.5, 0.6) is 0 Å². The van der Waals surface area contributed by atoms with Crippen LogP contribution in [0.25, 0.3) is 5.57 Å². The molecule has 0 bridgehead atoms. The van der Waals surface area contributed by atoms with Crippen LogP contribution in [0.3, 0.4) is 0 Å². The fraction of sp³-hybridized carbons (Fsp3) is 0.529. The predicted octanol–water partition coefficient (Wildman–Crippen LogP) is 4.45. The Morgan fingerprint density at radius 3 is 2.16 bits per heavy atom. The van der Waals surface area contributed by atoms with Crippen LogP contribution in [0, 0.1) is 0 Å². The summed E-state index contributed by atoms with van der Waals surface area (Å²) in [5.41, 5.74) is 9.92. The normalized spacial score (nSPS) is 14.3. The number of allylic oxidation sites excluding steroid dienone is 1. The summed E-state index contributed by atoms with van der Waals surface area (Å²) in [5, 5.41) is 1.79. The van der Waals surface area contributed by atoms with Crippen molar-refractivity contribution in [1.29, 1.82) is 0 Å². The first-order valence-corrected chi connectivity index (χ1v) is 10.0. The van der Waals surface area contributed by atoms with Crippen molar-refractivity contribution in [2.45, 2.75) is 58.8 Å². The Morgan fingerprint density at radius 2 is 1.79 bits per heavy atom. The molecule has 0 aliphatic heterocycles. The molecule has 1 atom stereocenters. The Labute approximate surface area is 119 Å². The lowest BCUT2D eigenvalue weighted by atomic mass is 9.97. The Kier molecular flexibility index (Phi) is 4.48. The van der Waals surface area contributed by atoms with Crippen molar-refractivity contribution in [2.24, 2.45) is 5.73 Å². The Balaban J connectivity index is 3.62. The van der Waals surface area contributed by atoms with E-state index in [4.69, 9.17) is 5.73 Å². The first kappa shape index (κ1) is 16.2. The summed E-state index contributed by atoms with van der Waals surface area (Å²) in [6.45, 7) is 20.2. The molecule has 1 rings (SSSR count). The van der Waals surface area contributed by atoms with Gasteiger partial charge in [-0.2, -0.15) is 0 Å². The van der Waals surface area contributed by atoms with Gasteiger partial charge >= 0.3 is 0 Å². The van der Waals surface area contributed by atoms with Crippen LogP contribution < -0.4 is 10.9 Å². The molecule has 2 heteroatoms. The average Bonchev–Trinajstić information content (AvgIpc) is 2.26. The van der Waals surface area contributed by atoms with E-state index in [2.05, 4.69) is 72.5 Å². The van der Waals surface area contributed by atoms with Crippen LogP contribution in [0.15, 0.2) is 24.8 Å². The number of nitrogens with two attached hydrogens (primary N) is 1. The van der Waals surface area contributed by atoms with Crippen molar-refractivity contribution in [2.75, 3.05) is 0 Å². The molecule has 106 valence electrons. The SMILES string of the molecule is C=C(C)c1cccc([Si](C)(C)C(C)(C)C)c1C(C)N. The molecule has 2 N–H and O–H groups in total. The topological polar surface area (TPSA) is 26.0 Å². The largest absolute Gasteiger partial charge is 0.324 e. The van der Waals surface area contributed by atoms with E-state index in [-0.39, 0.29) is 6.04 Å². The van der Waals surface area contributed by atoms with Gasteiger partial charge in [-0.3, -0.25) is 0 Å². The van der Waals surface area contributed by atoms with Crippen molar-refractivity contribution in [3.05, 3.63) is 35.9 Å². The van der Waals surface area contributed by atoms with Gasteiger partial charge in [0, 0.05) is 6.04 Å². The molecule has 0 saturated carbocycles. The summed E-state index contributed by atoms with van der Waals surface area (Å²) in [6.07, 6.45) is 0. The van der Waals surface area contributed by atoms with Gasteiger partial charge in [-0.1, -0.05) is 69.4 Å². The fourth-order valence-corrected chi connectivity index (χ4v) is 4.73. The van der Waals surface area contributed by atoms with Gasteiger partial charge in [0.2, 0.25) is 0 Å². The third-order valence-electron chi connectivity index (χ3n) is 4.57. The molecule has 0 heterocycles. The van der Waals surface area contributed by atoms with E-state index in [1.165, 1.54) is 16.3 Å². The van der Waals surface area contributed by atoms with Gasteiger partial charge in [-0.15, -0.1) is 0 Å². The second-order valence-corrected chi connectivity index (χ2v) is 12.5. The highest BCUT2D eigenvalue weighted by atomic mass is 28.3. The van der Waals surface area contributed by atoms with Crippen LogP contribution in [-0.4, -0.2) is 8.07 Å².